The van der Waals surface area contributed by atoms with Gasteiger partial charge >= 0.3 is 6.03 Å². The largest absolute Gasteiger partial charge is 0.352 e. The molecule has 2 amide bonds. The highest BCUT2D eigenvalue weighted by Gasteiger charge is 2.20. The first-order chi connectivity index (χ1) is 17.7. The molecule has 0 bridgehead atoms. The standard InChI is InChI=1S/C30H33N5O/c31-29(32-20-25-11-5-9-23-7-1-3-13-27(23)25)34-30(36)33-19-22-15-17-35(18-16-22)21-26-12-6-10-24-8-2-4-14-28(24)26/h1-14,22H,15-21H2,(H4,31,32,33,34,36). The molecule has 0 aliphatic carbocycles. The van der Waals surface area contributed by atoms with E-state index in [1.165, 1.54) is 16.3 Å². The highest BCUT2D eigenvalue weighted by molar-refractivity contribution is 5.94. The summed E-state index contributed by atoms with van der Waals surface area (Å²) in [6.07, 6.45) is 2.11. The maximum atomic E-state index is 12.3. The van der Waals surface area contributed by atoms with Crippen LogP contribution in [0.4, 0.5) is 4.79 Å². The highest BCUT2D eigenvalue weighted by Crippen LogP contribution is 2.23. The van der Waals surface area contributed by atoms with Gasteiger partial charge < -0.3 is 10.6 Å². The summed E-state index contributed by atoms with van der Waals surface area (Å²) in [4.78, 5) is 14.8. The van der Waals surface area contributed by atoms with Crippen LogP contribution < -0.4 is 16.0 Å². The number of rotatable bonds is 6. The van der Waals surface area contributed by atoms with Gasteiger partial charge in [-0.3, -0.25) is 15.6 Å². The van der Waals surface area contributed by atoms with E-state index in [0.29, 0.717) is 19.0 Å². The molecule has 0 spiro atoms. The molecule has 1 saturated heterocycles. The van der Waals surface area contributed by atoms with Crippen LogP contribution in [0.2, 0.25) is 0 Å². The molecule has 0 unspecified atom stereocenters. The second-order valence-electron chi connectivity index (χ2n) is 9.56. The monoisotopic (exact) mass is 479 g/mol. The van der Waals surface area contributed by atoms with Crippen LogP contribution in [0.15, 0.2) is 84.9 Å². The second-order valence-corrected chi connectivity index (χ2v) is 9.56. The Morgan fingerprint density at radius 1 is 0.778 bits per heavy atom. The number of hydrogen-bond acceptors (Lipinski definition) is 3. The predicted octanol–water partition coefficient (Wildman–Crippen LogP) is 5.23. The third-order valence-corrected chi connectivity index (χ3v) is 7.11. The summed E-state index contributed by atoms with van der Waals surface area (Å²) in [5.74, 6) is 0.461. The highest BCUT2D eigenvalue weighted by atomic mass is 16.2. The van der Waals surface area contributed by atoms with Crippen LogP contribution in [-0.4, -0.2) is 36.5 Å². The summed E-state index contributed by atoms with van der Waals surface area (Å²) in [6, 6.07) is 29.1. The van der Waals surface area contributed by atoms with E-state index in [1.54, 1.807) is 0 Å². The van der Waals surface area contributed by atoms with Crippen molar-refractivity contribution in [2.75, 3.05) is 19.6 Å². The van der Waals surface area contributed by atoms with Gasteiger partial charge in [-0.1, -0.05) is 84.9 Å². The van der Waals surface area contributed by atoms with Gasteiger partial charge in [0, 0.05) is 19.6 Å². The molecule has 36 heavy (non-hydrogen) atoms. The van der Waals surface area contributed by atoms with E-state index in [-0.39, 0.29) is 12.0 Å². The van der Waals surface area contributed by atoms with Gasteiger partial charge in [-0.05, 0) is 64.5 Å². The van der Waals surface area contributed by atoms with Crippen molar-refractivity contribution in [2.24, 2.45) is 5.92 Å². The fourth-order valence-electron chi connectivity index (χ4n) is 5.09. The smallest absolute Gasteiger partial charge is 0.321 e. The number of guanidine groups is 1. The zero-order chi connectivity index (χ0) is 24.7. The Labute approximate surface area is 212 Å². The van der Waals surface area contributed by atoms with E-state index in [9.17, 15) is 4.79 Å². The summed E-state index contributed by atoms with van der Waals surface area (Å²) >= 11 is 0. The molecule has 1 aliphatic rings. The summed E-state index contributed by atoms with van der Waals surface area (Å²) in [7, 11) is 0. The van der Waals surface area contributed by atoms with Crippen LogP contribution in [0, 0.1) is 11.3 Å². The van der Waals surface area contributed by atoms with Crippen molar-refractivity contribution in [3.8, 4) is 0 Å². The number of fused-ring (bicyclic) bond motifs is 2. The van der Waals surface area contributed by atoms with Crippen molar-refractivity contribution in [1.82, 2.24) is 20.9 Å². The average Bonchev–Trinajstić information content (AvgIpc) is 2.92. The van der Waals surface area contributed by atoms with E-state index < -0.39 is 0 Å². The second kappa shape index (κ2) is 11.2. The summed E-state index contributed by atoms with van der Waals surface area (Å²) in [5.41, 5.74) is 2.47. The molecule has 0 saturated carbocycles. The minimum Gasteiger partial charge on any atom is -0.352 e. The Bertz CT molecular complexity index is 1350. The first-order valence-corrected chi connectivity index (χ1v) is 12.7. The van der Waals surface area contributed by atoms with Crippen LogP contribution in [-0.2, 0) is 13.1 Å². The van der Waals surface area contributed by atoms with Gasteiger partial charge in [-0.15, -0.1) is 0 Å². The van der Waals surface area contributed by atoms with Crippen molar-refractivity contribution in [1.29, 1.82) is 5.41 Å². The van der Waals surface area contributed by atoms with E-state index in [2.05, 4.69) is 81.5 Å². The van der Waals surface area contributed by atoms with Crippen LogP contribution in [0.5, 0.6) is 0 Å². The fourth-order valence-corrected chi connectivity index (χ4v) is 5.09. The van der Waals surface area contributed by atoms with Gasteiger partial charge in [0.25, 0.3) is 0 Å². The van der Waals surface area contributed by atoms with E-state index in [1.807, 2.05) is 24.3 Å². The summed E-state index contributed by atoms with van der Waals surface area (Å²) in [5, 5.41) is 21.6. The predicted molar refractivity (Wildman–Crippen MR) is 147 cm³/mol. The number of nitrogens with zero attached hydrogens (tertiary/aromatic N) is 1. The number of benzene rings is 4. The number of urea groups is 1. The Balaban J connectivity index is 1.03. The molecule has 6 heteroatoms. The maximum Gasteiger partial charge on any atom is 0.321 e. The van der Waals surface area contributed by atoms with Crippen molar-refractivity contribution in [3.05, 3.63) is 96.1 Å². The zero-order valence-corrected chi connectivity index (χ0v) is 20.5. The lowest BCUT2D eigenvalue weighted by Gasteiger charge is -2.32. The Hall–Kier alpha value is -3.90. The Morgan fingerprint density at radius 3 is 2.06 bits per heavy atom. The third kappa shape index (κ3) is 5.83. The molecule has 0 aromatic heterocycles. The molecule has 0 atom stereocenters. The van der Waals surface area contributed by atoms with Gasteiger partial charge in [0.2, 0.25) is 0 Å². The summed E-state index contributed by atoms with van der Waals surface area (Å²) < 4.78 is 0. The topological polar surface area (TPSA) is 80.2 Å². The Kier molecular flexibility index (Phi) is 7.43. The average molecular weight is 480 g/mol. The molecule has 4 aromatic rings. The quantitative estimate of drug-likeness (QED) is 0.226. The lowest BCUT2D eigenvalue weighted by Crippen LogP contribution is -2.47. The zero-order valence-electron chi connectivity index (χ0n) is 20.5. The maximum absolute atomic E-state index is 12.3. The molecular formula is C30H33N5O. The van der Waals surface area contributed by atoms with Crippen molar-refractivity contribution < 1.29 is 4.79 Å². The van der Waals surface area contributed by atoms with Crippen molar-refractivity contribution >= 4 is 33.5 Å². The first-order valence-electron chi connectivity index (χ1n) is 12.7. The van der Waals surface area contributed by atoms with Crippen molar-refractivity contribution in [2.45, 2.75) is 25.9 Å². The first kappa shape index (κ1) is 23.8. The molecule has 1 heterocycles. The molecule has 184 valence electrons. The van der Waals surface area contributed by atoms with Crippen LogP contribution >= 0.6 is 0 Å². The number of hydrogen-bond donors (Lipinski definition) is 4. The summed E-state index contributed by atoms with van der Waals surface area (Å²) in [6.45, 7) is 4.13. The number of likely N-dealkylation sites (tertiary alicyclic amines) is 1. The van der Waals surface area contributed by atoms with E-state index >= 15 is 0 Å². The number of piperidine rings is 1. The van der Waals surface area contributed by atoms with Gasteiger partial charge in [-0.25, -0.2) is 4.79 Å². The van der Waals surface area contributed by atoms with Crippen molar-refractivity contribution in [3.63, 3.8) is 0 Å². The third-order valence-electron chi connectivity index (χ3n) is 7.11. The van der Waals surface area contributed by atoms with Crippen LogP contribution in [0.25, 0.3) is 21.5 Å². The number of amides is 2. The molecule has 0 radical (unpaired) electrons. The lowest BCUT2D eigenvalue weighted by atomic mass is 9.96. The van der Waals surface area contributed by atoms with Gasteiger partial charge in [-0.2, -0.15) is 0 Å². The van der Waals surface area contributed by atoms with Gasteiger partial charge in [0.05, 0.1) is 0 Å². The molecule has 5 rings (SSSR count). The van der Waals surface area contributed by atoms with Crippen LogP contribution in [0.1, 0.15) is 24.0 Å². The van der Waals surface area contributed by atoms with E-state index in [4.69, 9.17) is 5.41 Å². The molecule has 1 fully saturated rings. The molecular weight excluding hydrogens is 446 g/mol. The minimum atomic E-state index is -0.330. The van der Waals surface area contributed by atoms with E-state index in [0.717, 1.165) is 48.8 Å². The minimum absolute atomic E-state index is 0.00495. The molecule has 4 N–H and O–H groups in total. The van der Waals surface area contributed by atoms with Crippen LogP contribution in [0.3, 0.4) is 0 Å². The van der Waals surface area contributed by atoms with Gasteiger partial charge in [0.15, 0.2) is 5.96 Å². The number of nitrogens with one attached hydrogen (secondary N) is 4. The van der Waals surface area contributed by atoms with Gasteiger partial charge in [0.1, 0.15) is 0 Å². The normalized spacial score (nSPS) is 14.6. The lowest BCUT2D eigenvalue weighted by molar-refractivity contribution is 0.175. The number of carbonyl (C=O) groups is 1. The fraction of sp³-hybridized carbons (Fsp3) is 0.267. The molecule has 1 aliphatic heterocycles. The molecule has 6 nitrogen and oxygen atoms in total. The molecule has 4 aromatic carbocycles. The SMILES string of the molecule is N=C(NCc1cccc2ccccc12)NC(=O)NCC1CCN(Cc2cccc3ccccc23)CC1. The number of carbonyl (C=O) groups excluding carboxylic acids is 1. The Morgan fingerprint density at radius 2 is 1.36 bits per heavy atom.